The molecule has 0 amide bonds. The van der Waals surface area contributed by atoms with E-state index in [9.17, 15) is 4.79 Å². The maximum Gasteiger partial charge on any atom is 0.129 e. The molecule has 0 N–H and O–H groups in total. The fourth-order valence-corrected chi connectivity index (χ4v) is 8.59. The first-order valence-corrected chi connectivity index (χ1v) is 15.2. The second kappa shape index (κ2) is 13.7. The zero-order valence-electron chi connectivity index (χ0n) is 23.8. The van der Waals surface area contributed by atoms with E-state index < -0.39 is 0 Å². The second-order valence-electron chi connectivity index (χ2n) is 13.0. The maximum atomic E-state index is 11.3. The van der Waals surface area contributed by atoms with Crippen molar-refractivity contribution in [3.05, 3.63) is 0 Å². The van der Waals surface area contributed by atoms with Gasteiger partial charge in [-0.25, -0.2) is 0 Å². The van der Waals surface area contributed by atoms with Crippen molar-refractivity contribution in [1.29, 1.82) is 0 Å². The van der Waals surface area contributed by atoms with E-state index in [-0.39, 0.29) is 0 Å². The van der Waals surface area contributed by atoms with Crippen molar-refractivity contribution in [2.45, 2.75) is 158 Å². The van der Waals surface area contributed by atoms with Gasteiger partial charge in [0.15, 0.2) is 0 Å². The average Bonchev–Trinajstić information content (AvgIpc) is 3.14. The molecule has 0 aliphatic heterocycles. The summed E-state index contributed by atoms with van der Waals surface area (Å²) in [6.45, 7) is 16.4. The molecule has 33 heavy (non-hydrogen) atoms. The predicted molar refractivity (Wildman–Crippen MR) is 146 cm³/mol. The van der Waals surface area contributed by atoms with Gasteiger partial charge in [0, 0.05) is 6.42 Å². The molecular weight excluding hydrogens is 400 g/mol. The summed E-state index contributed by atoms with van der Waals surface area (Å²) < 4.78 is 0. The van der Waals surface area contributed by atoms with Gasteiger partial charge in [0.1, 0.15) is 5.78 Å². The van der Waals surface area contributed by atoms with Gasteiger partial charge in [-0.1, -0.05) is 92.9 Å². The van der Waals surface area contributed by atoms with E-state index in [1.54, 1.807) is 6.92 Å². The van der Waals surface area contributed by atoms with Gasteiger partial charge in [0.05, 0.1) is 0 Å². The number of Topliss-reactive ketones (excluding diaryl/α,β-unsaturated/α-hetero) is 1. The van der Waals surface area contributed by atoms with E-state index in [0.717, 1.165) is 42.4 Å². The summed E-state index contributed by atoms with van der Waals surface area (Å²) in [5.74, 6) is 5.16. The zero-order valence-corrected chi connectivity index (χ0v) is 23.8. The van der Waals surface area contributed by atoms with Crippen LogP contribution in [0.3, 0.4) is 0 Å². The fraction of sp³-hybridized carbons (Fsp3) is 0.969. The molecule has 0 heterocycles. The highest BCUT2D eigenvalue weighted by Gasteiger charge is 2.57. The minimum Gasteiger partial charge on any atom is -0.300 e. The lowest BCUT2D eigenvalue weighted by Crippen LogP contribution is -2.49. The molecular formula is C32H60O. The van der Waals surface area contributed by atoms with Crippen LogP contribution >= 0.6 is 0 Å². The summed E-state index contributed by atoms with van der Waals surface area (Å²) in [5.41, 5.74) is 1.23. The summed E-state index contributed by atoms with van der Waals surface area (Å²) in [5, 5.41) is 0. The molecule has 0 saturated heterocycles. The topological polar surface area (TPSA) is 17.1 Å². The van der Waals surface area contributed by atoms with Crippen LogP contribution in [0.1, 0.15) is 158 Å². The first kappa shape index (κ1) is 28.9. The molecule has 0 spiro atoms. The van der Waals surface area contributed by atoms with Gasteiger partial charge in [-0.15, -0.1) is 0 Å². The number of unbranched alkanes of at least 4 members (excludes halogenated alkanes) is 4. The summed E-state index contributed by atoms with van der Waals surface area (Å²) in [6, 6.07) is 0. The van der Waals surface area contributed by atoms with Crippen LogP contribution in [0.4, 0.5) is 0 Å². The molecule has 3 saturated carbocycles. The van der Waals surface area contributed by atoms with Crippen molar-refractivity contribution in [2.24, 2.45) is 40.4 Å². The Kier molecular flexibility index (Phi) is 12.0. The number of hydrogen-bond donors (Lipinski definition) is 0. The Morgan fingerprint density at radius 1 is 0.848 bits per heavy atom. The fourth-order valence-electron chi connectivity index (χ4n) is 8.59. The number of fused-ring (bicyclic) bond motifs is 3. The van der Waals surface area contributed by atoms with Crippen LogP contribution in [0, 0.1) is 40.4 Å². The highest BCUT2D eigenvalue weighted by atomic mass is 16.1. The van der Waals surface area contributed by atoms with Gasteiger partial charge in [0.2, 0.25) is 0 Å². The van der Waals surface area contributed by atoms with Crippen LogP contribution in [0.25, 0.3) is 0 Å². The van der Waals surface area contributed by atoms with E-state index in [1.165, 1.54) is 96.3 Å². The van der Waals surface area contributed by atoms with Gasteiger partial charge in [-0.2, -0.15) is 0 Å². The third kappa shape index (κ3) is 7.33. The molecule has 0 bridgehead atoms. The van der Waals surface area contributed by atoms with Crippen LogP contribution in [-0.2, 0) is 4.79 Å². The molecule has 3 aliphatic rings. The summed E-state index contributed by atoms with van der Waals surface area (Å²) in [4.78, 5) is 11.3. The molecule has 7 unspecified atom stereocenters. The second-order valence-corrected chi connectivity index (χ2v) is 13.0. The van der Waals surface area contributed by atoms with Crippen LogP contribution in [0.2, 0.25) is 0 Å². The molecule has 0 aromatic rings. The molecule has 0 radical (unpaired) electrons. The number of rotatable bonds is 11. The van der Waals surface area contributed by atoms with E-state index >= 15 is 0 Å². The Morgan fingerprint density at radius 2 is 1.58 bits per heavy atom. The molecule has 3 fully saturated rings. The third-order valence-corrected chi connectivity index (χ3v) is 10.7. The molecule has 3 aliphatic carbocycles. The average molecular weight is 461 g/mol. The van der Waals surface area contributed by atoms with Gasteiger partial charge in [-0.05, 0) is 98.7 Å². The van der Waals surface area contributed by atoms with Gasteiger partial charge >= 0.3 is 0 Å². The van der Waals surface area contributed by atoms with Crippen LogP contribution in [-0.4, -0.2) is 5.78 Å². The molecule has 0 aromatic heterocycles. The van der Waals surface area contributed by atoms with E-state index in [2.05, 4.69) is 41.5 Å². The SMILES string of the molecule is CCCC.CCCCCC1(C)CCCC2C1CCC1(C)C(C(C)CCCCC(C)=O)CCC21. The lowest BCUT2D eigenvalue weighted by atomic mass is 9.48. The molecule has 3 rings (SSSR count). The quantitative estimate of drug-likeness (QED) is 0.280. The minimum atomic E-state index is 0.364. The van der Waals surface area contributed by atoms with Crippen molar-refractivity contribution < 1.29 is 4.79 Å². The minimum absolute atomic E-state index is 0.364. The predicted octanol–water partition coefficient (Wildman–Crippen LogP) is 10.4. The lowest BCUT2D eigenvalue weighted by Gasteiger charge is -2.57. The Hall–Kier alpha value is -0.330. The molecule has 194 valence electrons. The standard InChI is InChI=1S/C28H50O.C4H10/c1-6-7-10-18-27(4)19-11-14-23-25(27)17-20-28(5)24(15-16-26(23)28)21(2)12-8-9-13-22(3)29;1-3-4-2/h21,23-26H,6-20H2,1-5H3;3-4H2,1-2H3. The Morgan fingerprint density at radius 3 is 2.21 bits per heavy atom. The molecule has 1 heteroatoms. The maximum absolute atomic E-state index is 11.3. The highest BCUT2D eigenvalue weighted by Crippen LogP contribution is 2.66. The number of ketones is 1. The van der Waals surface area contributed by atoms with Crippen molar-refractivity contribution >= 4 is 5.78 Å². The van der Waals surface area contributed by atoms with Crippen molar-refractivity contribution in [2.75, 3.05) is 0 Å². The summed E-state index contributed by atoms with van der Waals surface area (Å²) >= 11 is 0. The summed E-state index contributed by atoms with van der Waals surface area (Å²) in [6.07, 6.45) is 23.3. The monoisotopic (exact) mass is 460 g/mol. The summed E-state index contributed by atoms with van der Waals surface area (Å²) in [7, 11) is 0. The molecule has 7 atom stereocenters. The van der Waals surface area contributed by atoms with Gasteiger partial charge in [-0.3, -0.25) is 0 Å². The van der Waals surface area contributed by atoms with Crippen molar-refractivity contribution in [3.8, 4) is 0 Å². The van der Waals surface area contributed by atoms with Gasteiger partial charge < -0.3 is 4.79 Å². The van der Waals surface area contributed by atoms with Crippen LogP contribution in [0.15, 0.2) is 0 Å². The molecule has 1 nitrogen and oxygen atoms in total. The number of carbonyl (C=O) groups is 1. The Bertz CT molecular complexity index is 565. The third-order valence-electron chi connectivity index (χ3n) is 10.7. The normalized spacial score (nSPS) is 36.3. The van der Waals surface area contributed by atoms with E-state index in [4.69, 9.17) is 0 Å². The first-order chi connectivity index (χ1) is 15.7. The Labute approximate surface area is 208 Å². The van der Waals surface area contributed by atoms with E-state index in [0.29, 0.717) is 16.6 Å². The largest absolute Gasteiger partial charge is 0.300 e. The van der Waals surface area contributed by atoms with Crippen molar-refractivity contribution in [3.63, 3.8) is 0 Å². The highest BCUT2D eigenvalue weighted by molar-refractivity contribution is 5.75. The van der Waals surface area contributed by atoms with Crippen LogP contribution in [0.5, 0.6) is 0 Å². The van der Waals surface area contributed by atoms with Crippen molar-refractivity contribution in [1.82, 2.24) is 0 Å². The first-order valence-electron chi connectivity index (χ1n) is 15.2. The van der Waals surface area contributed by atoms with Gasteiger partial charge in [0.25, 0.3) is 0 Å². The number of hydrogen-bond acceptors (Lipinski definition) is 1. The van der Waals surface area contributed by atoms with Crippen LogP contribution < -0.4 is 0 Å². The molecule has 0 aromatic carbocycles. The lowest BCUT2D eigenvalue weighted by molar-refractivity contribution is -0.117. The zero-order chi connectivity index (χ0) is 24.5. The smallest absolute Gasteiger partial charge is 0.129 e. The van der Waals surface area contributed by atoms with E-state index in [1.807, 2.05) is 0 Å². The Balaban J connectivity index is 0.000000890. The number of carbonyl (C=O) groups excluding carboxylic acids is 1.